The first-order valence-corrected chi connectivity index (χ1v) is 6.63. The van der Waals surface area contributed by atoms with Gasteiger partial charge in [0.2, 0.25) is 11.8 Å². The molecule has 1 saturated heterocycles. The minimum absolute atomic E-state index is 0.392. The van der Waals surface area contributed by atoms with Crippen molar-refractivity contribution in [2.24, 2.45) is 5.41 Å². The molecule has 2 fully saturated rings. The number of nitrogens with zero attached hydrogens (tertiary/aromatic N) is 1. The second kappa shape index (κ2) is 3.94. The number of urea groups is 1. The number of hydrogen-bond acceptors (Lipinski definition) is 4. The largest absolute Gasteiger partial charge is 0.466 e. The molecule has 1 aliphatic heterocycles. The normalized spacial score (nSPS) is 22.1. The predicted molar refractivity (Wildman–Crippen MR) is 68.6 cm³/mol. The highest BCUT2D eigenvalue weighted by Gasteiger charge is 2.62. The minimum atomic E-state index is -1.01. The van der Waals surface area contributed by atoms with E-state index in [1.807, 2.05) is 13.0 Å². The third-order valence-corrected chi connectivity index (χ3v) is 4.17. The van der Waals surface area contributed by atoms with Gasteiger partial charge in [-0.3, -0.25) is 19.8 Å². The smallest absolute Gasteiger partial charge is 0.331 e. The molecular formula is C14H16N2O4. The van der Waals surface area contributed by atoms with E-state index in [-0.39, 0.29) is 0 Å². The molecule has 0 radical (unpaired) electrons. The lowest BCUT2D eigenvalue weighted by Gasteiger charge is -2.34. The molecule has 1 N–H and O–H groups in total. The number of amides is 4. The second-order valence-corrected chi connectivity index (χ2v) is 5.56. The number of rotatable bonds is 2. The molecule has 6 nitrogen and oxygen atoms in total. The molecule has 1 aliphatic carbocycles. The highest BCUT2D eigenvalue weighted by molar-refractivity contribution is 6.21. The summed E-state index contributed by atoms with van der Waals surface area (Å²) in [4.78, 5) is 37.4. The summed E-state index contributed by atoms with van der Waals surface area (Å²) < 4.78 is 5.45. The topological polar surface area (TPSA) is 79.6 Å². The summed E-state index contributed by atoms with van der Waals surface area (Å²) in [6, 6.07) is 0.713. The Morgan fingerprint density at radius 1 is 1.30 bits per heavy atom. The van der Waals surface area contributed by atoms with Gasteiger partial charge >= 0.3 is 6.03 Å². The molecule has 0 aromatic carbocycles. The van der Waals surface area contributed by atoms with Gasteiger partial charge in [-0.25, -0.2) is 4.79 Å². The van der Waals surface area contributed by atoms with Gasteiger partial charge < -0.3 is 4.42 Å². The van der Waals surface area contributed by atoms with Crippen LogP contribution >= 0.6 is 0 Å². The summed E-state index contributed by atoms with van der Waals surface area (Å²) in [5, 5.41) is 2.29. The Labute approximate surface area is 116 Å². The molecule has 1 aromatic rings. The Kier molecular flexibility index (Phi) is 2.54. The van der Waals surface area contributed by atoms with Crippen LogP contribution in [0.2, 0.25) is 0 Å². The van der Waals surface area contributed by atoms with Gasteiger partial charge in [-0.1, -0.05) is 0 Å². The maximum Gasteiger partial charge on any atom is 0.331 e. The van der Waals surface area contributed by atoms with Crippen LogP contribution < -0.4 is 5.32 Å². The molecule has 1 saturated carbocycles. The molecule has 1 aromatic heterocycles. The number of aryl methyl sites for hydroxylation is 2. The van der Waals surface area contributed by atoms with Crippen LogP contribution in [0.4, 0.5) is 4.79 Å². The number of nitrogens with one attached hydrogen (secondary N) is 1. The van der Waals surface area contributed by atoms with Gasteiger partial charge in [0.15, 0.2) is 0 Å². The Morgan fingerprint density at radius 3 is 2.45 bits per heavy atom. The number of carbonyl (C=O) groups excluding carboxylic acids is 3. The lowest BCUT2D eigenvalue weighted by atomic mass is 9.98. The zero-order chi connectivity index (χ0) is 14.7. The average Bonchev–Trinajstić information content (AvgIpc) is 3.09. The molecule has 4 amide bonds. The van der Waals surface area contributed by atoms with E-state index in [4.69, 9.17) is 4.42 Å². The van der Waals surface area contributed by atoms with E-state index in [9.17, 15) is 14.4 Å². The van der Waals surface area contributed by atoms with E-state index in [1.165, 1.54) is 0 Å². The van der Waals surface area contributed by atoms with Crippen LogP contribution in [-0.2, 0) is 9.59 Å². The van der Waals surface area contributed by atoms with Gasteiger partial charge in [0.1, 0.15) is 16.9 Å². The van der Waals surface area contributed by atoms with Crippen molar-refractivity contribution in [2.75, 3.05) is 0 Å². The monoisotopic (exact) mass is 276 g/mol. The van der Waals surface area contributed by atoms with E-state index in [0.29, 0.717) is 18.6 Å². The van der Waals surface area contributed by atoms with E-state index in [0.717, 1.165) is 16.2 Å². The zero-order valence-corrected chi connectivity index (χ0v) is 11.6. The summed E-state index contributed by atoms with van der Waals surface area (Å²) in [5.74, 6) is 0.553. The van der Waals surface area contributed by atoms with Crippen LogP contribution in [0.3, 0.4) is 0 Å². The fourth-order valence-corrected chi connectivity index (χ4v) is 2.82. The third kappa shape index (κ3) is 1.60. The first kappa shape index (κ1) is 12.9. The van der Waals surface area contributed by atoms with Crippen LogP contribution in [0.5, 0.6) is 0 Å². The summed E-state index contributed by atoms with van der Waals surface area (Å²) in [6.07, 6.45) is 1.02. The first-order chi connectivity index (χ1) is 9.36. The summed E-state index contributed by atoms with van der Waals surface area (Å²) in [5.41, 5.74) is -0.217. The van der Waals surface area contributed by atoms with Crippen molar-refractivity contribution in [3.8, 4) is 0 Å². The van der Waals surface area contributed by atoms with E-state index in [1.54, 1.807) is 13.8 Å². The van der Waals surface area contributed by atoms with Crippen molar-refractivity contribution in [1.29, 1.82) is 0 Å². The molecule has 2 heterocycles. The zero-order valence-electron chi connectivity index (χ0n) is 11.6. The Hall–Kier alpha value is -2.11. The van der Waals surface area contributed by atoms with E-state index < -0.39 is 29.3 Å². The van der Waals surface area contributed by atoms with Crippen LogP contribution in [0.15, 0.2) is 10.5 Å². The number of barbiturate groups is 1. The van der Waals surface area contributed by atoms with Gasteiger partial charge in [-0.2, -0.15) is 0 Å². The van der Waals surface area contributed by atoms with Crippen molar-refractivity contribution in [3.63, 3.8) is 0 Å². The number of imide groups is 2. The molecule has 20 heavy (non-hydrogen) atoms. The van der Waals surface area contributed by atoms with E-state index >= 15 is 0 Å². The fraction of sp³-hybridized carbons (Fsp3) is 0.500. The predicted octanol–water partition coefficient (Wildman–Crippen LogP) is 1.82. The third-order valence-electron chi connectivity index (χ3n) is 4.17. The van der Waals surface area contributed by atoms with Crippen LogP contribution in [0.25, 0.3) is 0 Å². The van der Waals surface area contributed by atoms with Crippen molar-refractivity contribution in [1.82, 2.24) is 10.2 Å². The molecule has 1 unspecified atom stereocenters. The van der Waals surface area contributed by atoms with Crippen molar-refractivity contribution < 1.29 is 18.8 Å². The Bertz CT molecular complexity index is 627. The summed E-state index contributed by atoms with van der Waals surface area (Å²) in [7, 11) is 0. The Morgan fingerprint density at radius 2 is 1.95 bits per heavy atom. The lowest BCUT2D eigenvalue weighted by molar-refractivity contribution is -0.146. The standard InChI is InChI=1S/C14H16N2O4/c1-7-6-10(9(3)20-7)8(2)16-12(18)14(4-5-14)11(17)15-13(16)19/h6,8H,4-5H2,1-3H3,(H,15,17,19). The van der Waals surface area contributed by atoms with Crippen molar-refractivity contribution in [2.45, 2.75) is 39.7 Å². The van der Waals surface area contributed by atoms with Gasteiger partial charge in [0.25, 0.3) is 0 Å². The molecule has 6 heteroatoms. The Balaban J connectivity index is 1.96. The second-order valence-electron chi connectivity index (χ2n) is 5.56. The maximum absolute atomic E-state index is 12.5. The van der Waals surface area contributed by atoms with Crippen molar-refractivity contribution >= 4 is 17.8 Å². The molecule has 3 rings (SSSR count). The number of carbonyl (C=O) groups is 3. The van der Waals surface area contributed by atoms with Gasteiger partial charge in [-0.05, 0) is 39.7 Å². The van der Waals surface area contributed by atoms with Crippen LogP contribution in [0.1, 0.15) is 42.9 Å². The first-order valence-electron chi connectivity index (χ1n) is 6.63. The summed E-state index contributed by atoms with van der Waals surface area (Å²) >= 11 is 0. The van der Waals surface area contributed by atoms with Crippen LogP contribution in [-0.4, -0.2) is 22.7 Å². The van der Waals surface area contributed by atoms with E-state index in [2.05, 4.69) is 5.32 Å². The average molecular weight is 276 g/mol. The quantitative estimate of drug-likeness (QED) is 0.835. The molecule has 1 atom stereocenters. The van der Waals surface area contributed by atoms with Crippen molar-refractivity contribution in [3.05, 3.63) is 23.2 Å². The van der Waals surface area contributed by atoms with Crippen LogP contribution in [0, 0.1) is 19.3 Å². The molecule has 1 spiro atoms. The highest BCUT2D eigenvalue weighted by Crippen LogP contribution is 2.50. The van der Waals surface area contributed by atoms with Gasteiger partial charge in [-0.15, -0.1) is 0 Å². The minimum Gasteiger partial charge on any atom is -0.466 e. The molecule has 2 aliphatic rings. The van der Waals surface area contributed by atoms with Gasteiger partial charge in [0.05, 0.1) is 6.04 Å². The number of furan rings is 1. The lowest BCUT2D eigenvalue weighted by Crippen LogP contribution is -2.59. The number of hydrogen-bond donors (Lipinski definition) is 1. The van der Waals surface area contributed by atoms with Gasteiger partial charge in [0, 0.05) is 5.56 Å². The molecule has 106 valence electrons. The molecule has 0 bridgehead atoms. The fourth-order valence-electron chi connectivity index (χ4n) is 2.82. The summed E-state index contributed by atoms with van der Waals surface area (Å²) in [6.45, 7) is 5.37. The highest BCUT2D eigenvalue weighted by atomic mass is 16.3. The molecular weight excluding hydrogens is 260 g/mol. The maximum atomic E-state index is 12.5. The SMILES string of the molecule is Cc1cc(C(C)N2C(=O)NC(=O)C3(CC3)C2=O)c(C)o1.